The average Bonchev–Trinajstić information content (AvgIpc) is 3.10. The topological polar surface area (TPSA) is 4.93 Å². The van der Waals surface area contributed by atoms with Crippen molar-refractivity contribution in [1.29, 1.82) is 0 Å². The van der Waals surface area contributed by atoms with Gasteiger partial charge in [-0.25, -0.2) is 0 Å². The zero-order valence-corrected chi connectivity index (χ0v) is 19.7. The number of para-hydroxylation sites is 2. The van der Waals surface area contributed by atoms with E-state index in [2.05, 4.69) is 83.4 Å². The number of halogens is 3. The molecule has 0 N–H and O–H groups in total. The van der Waals surface area contributed by atoms with Crippen molar-refractivity contribution in [2.24, 2.45) is 0 Å². The Bertz CT molecular complexity index is 1010. The van der Waals surface area contributed by atoms with Gasteiger partial charge in [-0.05, 0) is 29.3 Å². The van der Waals surface area contributed by atoms with E-state index >= 15 is 0 Å². The Morgan fingerprint density at radius 3 is 2.04 bits per heavy atom. The molecule has 1 heterocycles. The molecule has 0 spiro atoms. The standard InChI is InChI=1S/C21H15N.3ClH.Hf/c1-2-9-16(10-3-1)22-20-13-7-6-12-18(20)19-14-15-8-4-5-11-17(15)21(19)22;;;;/h1-13H,14H2;3*1H;/p-3. The molecule has 0 saturated heterocycles. The first-order valence-electron chi connectivity index (χ1n) is 7.69. The second-order valence-corrected chi connectivity index (χ2v) is 5.85. The normalized spacial score (nSPS) is 10.5. The van der Waals surface area contributed by atoms with Crippen molar-refractivity contribution in [3.8, 4) is 16.9 Å². The van der Waals surface area contributed by atoms with E-state index in [1.54, 1.807) is 0 Å². The van der Waals surface area contributed by atoms with Crippen molar-refractivity contribution in [3.63, 3.8) is 0 Å². The van der Waals surface area contributed by atoms with Crippen LogP contribution in [0.4, 0.5) is 0 Å². The summed E-state index contributed by atoms with van der Waals surface area (Å²) >= 11 is 0. The van der Waals surface area contributed by atoms with Gasteiger partial charge in [-0.15, -0.1) is 0 Å². The zero-order chi connectivity index (χ0) is 14.5. The molecule has 0 amide bonds. The molecule has 0 bridgehead atoms. The first-order valence-corrected chi connectivity index (χ1v) is 7.69. The summed E-state index contributed by atoms with van der Waals surface area (Å²) in [6, 6.07) is 28.2. The Hall–Kier alpha value is -1.06. The molecular weight excluding hydrogens is 551 g/mol. The predicted molar refractivity (Wildman–Crippen MR) is 91.5 cm³/mol. The molecule has 3 aromatic carbocycles. The molecule has 0 fully saturated rings. The average molecular weight is 566 g/mol. The third-order valence-electron chi connectivity index (χ3n) is 4.63. The largest absolute Gasteiger partial charge is 1.00 e. The van der Waals surface area contributed by atoms with Crippen LogP contribution in [0.15, 0.2) is 78.9 Å². The van der Waals surface area contributed by atoms with Gasteiger partial charge in [-0.1, -0.05) is 60.7 Å². The van der Waals surface area contributed by atoms with E-state index in [-0.39, 0.29) is 63.1 Å². The van der Waals surface area contributed by atoms with Crippen molar-refractivity contribution in [1.82, 2.24) is 4.57 Å². The fourth-order valence-corrected chi connectivity index (χ4v) is 3.71. The third kappa shape index (κ3) is 3.41. The summed E-state index contributed by atoms with van der Waals surface area (Å²) < 4.78 is 2.41. The van der Waals surface area contributed by atoms with Gasteiger partial charge < -0.3 is 41.8 Å². The summed E-state index contributed by atoms with van der Waals surface area (Å²) in [4.78, 5) is 0. The van der Waals surface area contributed by atoms with E-state index in [0.29, 0.717) is 0 Å². The minimum Gasteiger partial charge on any atom is -1.00 e. The van der Waals surface area contributed by atoms with Crippen LogP contribution in [0.3, 0.4) is 0 Å². The Kier molecular flexibility index (Phi) is 8.16. The van der Waals surface area contributed by atoms with Crippen LogP contribution in [0.1, 0.15) is 11.1 Å². The molecule has 5 heteroatoms. The van der Waals surface area contributed by atoms with Gasteiger partial charge >= 0.3 is 0 Å². The monoisotopic (exact) mass is 566 g/mol. The van der Waals surface area contributed by atoms with Gasteiger partial charge in [-0.3, -0.25) is 0 Å². The molecule has 1 aliphatic rings. The summed E-state index contributed by atoms with van der Waals surface area (Å²) in [7, 11) is 0. The molecule has 0 unspecified atom stereocenters. The van der Waals surface area contributed by atoms with Crippen LogP contribution in [0, 0.1) is 0 Å². The van der Waals surface area contributed by atoms with Gasteiger partial charge in [0.05, 0.1) is 11.2 Å². The van der Waals surface area contributed by atoms with Gasteiger partial charge in [0.15, 0.2) is 0 Å². The fraction of sp³-hybridized carbons (Fsp3) is 0.0476. The van der Waals surface area contributed by atoms with E-state index in [1.807, 2.05) is 0 Å². The maximum absolute atomic E-state index is 2.41. The third-order valence-corrected chi connectivity index (χ3v) is 4.63. The number of benzene rings is 3. The van der Waals surface area contributed by atoms with Crippen molar-refractivity contribution in [2.45, 2.75) is 6.42 Å². The molecule has 1 aromatic heterocycles. The van der Waals surface area contributed by atoms with E-state index in [1.165, 1.54) is 39.0 Å². The maximum atomic E-state index is 2.41. The summed E-state index contributed by atoms with van der Waals surface area (Å²) in [5.74, 6) is 0. The van der Waals surface area contributed by atoms with E-state index in [9.17, 15) is 0 Å². The summed E-state index contributed by atoms with van der Waals surface area (Å²) in [5.41, 5.74) is 8.16. The second kappa shape index (κ2) is 9.23. The zero-order valence-electron chi connectivity index (χ0n) is 13.8. The molecule has 0 radical (unpaired) electrons. The van der Waals surface area contributed by atoms with Crippen LogP contribution in [-0.2, 0) is 32.3 Å². The molecule has 1 aliphatic carbocycles. The summed E-state index contributed by atoms with van der Waals surface area (Å²) in [6.07, 6.45) is 1.03. The molecule has 4 aromatic rings. The molecule has 0 saturated carbocycles. The number of hydrogen-bond acceptors (Lipinski definition) is 0. The van der Waals surface area contributed by atoms with Crippen molar-refractivity contribution >= 4 is 10.9 Å². The molecule has 0 atom stereocenters. The number of rotatable bonds is 1. The minimum atomic E-state index is 0. The molecular formula is C21H15Cl3HfN-3. The van der Waals surface area contributed by atoms with Crippen molar-refractivity contribution < 1.29 is 63.1 Å². The van der Waals surface area contributed by atoms with Crippen LogP contribution >= 0.6 is 0 Å². The van der Waals surface area contributed by atoms with E-state index in [4.69, 9.17) is 0 Å². The van der Waals surface area contributed by atoms with Gasteiger partial charge in [0.2, 0.25) is 0 Å². The Balaban J connectivity index is 0.000000845. The summed E-state index contributed by atoms with van der Waals surface area (Å²) in [5, 5.41) is 1.37. The molecule has 5 rings (SSSR count). The number of aromatic nitrogens is 1. The first-order chi connectivity index (χ1) is 10.9. The molecule has 0 aliphatic heterocycles. The Morgan fingerprint density at radius 1 is 0.654 bits per heavy atom. The molecule has 1 nitrogen and oxygen atoms in total. The van der Waals surface area contributed by atoms with E-state index in [0.717, 1.165) is 6.42 Å². The van der Waals surface area contributed by atoms with Gasteiger partial charge in [0, 0.05) is 48.9 Å². The smallest absolute Gasteiger partial charge is 0.0579 e. The maximum Gasteiger partial charge on any atom is 0.0579 e. The van der Waals surface area contributed by atoms with E-state index < -0.39 is 0 Å². The second-order valence-electron chi connectivity index (χ2n) is 5.85. The van der Waals surface area contributed by atoms with Crippen molar-refractivity contribution in [3.05, 3.63) is 90.0 Å². The van der Waals surface area contributed by atoms with Crippen molar-refractivity contribution in [2.75, 3.05) is 0 Å². The Morgan fingerprint density at radius 2 is 1.27 bits per heavy atom. The van der Waals surface area contributed by atoms with Crippen LogP contribution < -0.4 is 37.2 Å². The first kappa shape index (κ1) is 23.0. The Labute approximate surface area is 190 Å². The quantitative estimate of drug-likeness (QED) is 0.184. The van der Waals surface area contributed by atoms with Gasteiger partial charge in [-0.2, -0.15) is 0 Å². The fourth-order valence-electron chi connectivity index (χ4n) is 3.71. The van der Waals surface area contributed by atoms with Crippen LogP contribution in [0.5, 0.6) is 0 Å². The minimum absolute atomic E-state index is 0. The van der Waals surface area contributed by atoms with Gasteiger partial charge in [0.1, 0.15) is 0 Å². The molecule has 26 heavy (non-hydrogen) atoms. The number of nitrogens with zero attached hydrogens (tertiary/aromatic N) is 1. The summed E-state index contributed by atoms with van der Waals surface area (Å²) in [6.45, 7) is 0. The molecule has 132 valence electrons. The number of fused-ring (bicyclic) bond motifs is 5. The van der Waals surface area contributed by atoms with Crippen LogP contribution in [0.25, 0.3) is 27.8 Å². The predicted octanol–water partition coefficient (Wildman–Crippen LogP) is -3.79. The van der Waals surface area contributed by atoms with Crippen LogP contribution in [0.2, 0.25) is 0 Å². The van der Waals surface area contributed by atoms with Gasteiger partial charge in [0.25, 0.3) is 0 Å². The SMILES string of the molecule is [Cl-].[Cl-].[Cl-].[Hf].c1ccc(-n2c3c(c4ccccc42)Cc2ccccc2-3)cc1. The van der Waals surface area contributed by atoms with Crippen LogP contribution in [-0.4, -0.2) is 4.57 Å². The number of hydrogen-bond donors (Lipinski definition) is 0.